The van der Waals surface area contributed by atoms with E-state index < -0.39 is 0 Å². The van der Waals surface area contributed by atoms with E-state index in [4.69, 9.17) is 0 Å². The predicted molar refractivity (Wildman–Crippen MR) is 57.4 cm³/mol. The van der Waals surface area contributed by atoms with Crippen molar-refractivity contribution in [3.63, 3.8) is 0 Å². The van der Waals surface area contributed by atoms with E-state index in [2.05, 4.69) is 10.1 Å². The van der Waals surface area contributed by atoms with E-state index in [9.17, 15) is 4.79 Å². The Kier molecular flexibility index (Phi) is 2.76. The molecule has 0 N–H and O–H groups in total. The predicted octanol–water partition coefficient (Wildman–Crippen LogP) is 1.43. The number of nitrogens with zero attached hydrogens (tertiary/aromatic N) is 3. The maximum atomic E-state index is 11.5. The Morgan fingerprint density at radius 3 is 3.00 bits per heavy atom. The number of hydrogen-bond acceptors (Lipinski definition) is 3. The molecule has 4 nitrogen and oxygen atoms in total. The van der Waals surface area contributed by atoms with Crippen LogP contribution < -0.4 is 0 Å². The number of hydrogen-bond donors (Lipinski definition) is 0. The minimum Gasteiger partial charge on any atom is -0.273 e. The number of rotatable bonds is 3. The van der Waals surface area contributed by atoms with Crippen LogP contribution in [-0.4, -0.2) is 28.2 Å². The Hall–Kier alpha value is -1.71. The van der Waals surface area contributed by atoms with Crippen molar-refractivity contribution in [3.05, 3.63) is 30.1 Å². The molecule has 0 aromatic carbocycles. The molecule has 1 aromatic rings. The zero-order valence-electron chi connectivity index (χ0n) is 8.68. The van der Waals surface area contributed by atoms with Crippen molar-refractivity contribution in [3.8, 4) is 0 Å². The summed E-state index contributed by atoms with van der Waals surface area (Å²) in [7, 11) is 0. The van der Waals surface area contributed by atoms with Gasteiger partial charge >= 0.3 is 0 Å². The van der Waals surface area contributed by atoms with Gasteiger partial charge in [-0.25, -0.2) is 5.01 Å². The van der Waals surface area contributed by atoms with Crippen LogP contribution in [-0.2, 0) is 4.79 Å². The second kappa shape index (κ2) is 4.21. The molecule has 4 heteroatoms. The van der Waals surface area contributed by atoms with Crippen molar-refractivity contribution in [1.82, 2.24) is 9.99 Å². The van der Waals surface area contributed by atoms with Crippen LogP contribution in [0.3, 0.4) is 0 Å². The zero-order chi connectivity index (χ0) is 10.7. The summed E-state index contributed by atoms with van der Waals surface area (Å²) in [5.74, 6) is 0.0671. The van der Waals surface area contributed by atoms with Crippen molar-refractivity contribution >= 4 is 11.6 Å². The minimum absolute atomic E-state index is 0.0671. The molecular weight excluding hydrogens is 190 g/mol. The summed E-state index contributed by atoms with van der Waals surface area (Å²) in [6.45, 7) is 2.72. The standard InChI is InChI=1S/C11H13N3O/c1-2-7-14-11(15)8-10(13-14)9-5-3-4-6-12-9/h3-6H,2,7-8H2,1H3. The first-order valence-electron chi connectivity index (χ1n) is 5.10. The number of pyridine rings is 1. The summed E-state index contributed by atoms with van der Waals surface area (Å²) < 4.78 is 0. The molecule has 1 aliphatic rings. The highest BCUT2D eigenvalue weighted by molar-refractivity contribution is 6.12. The molecule has 0 bridgehead atoms. The normalized spacial score (nSPS) is 15.7. The molecule has 0 spiro atoms. The highest BCUT2D eigenvalue weighted by Crippen LogP contribution is 2.13. The molecule has 1 amide bonds. The Balaban J connectivity index is 2.19. The van der Waals surface area contributed by atoms with E-state index in [0.717, 1.165) is 17.8 Å². The summed E-state index contributed by atoms with van der Waals surface area (Å²) >= 11 is 0. The molecule has 2 rings (SSSR count). The lowest BCUT2D eigenvalue weighted by Crippen LogP contribution is -2.21. The minimum atomic E-state index is 0.0671. The molecule has 0 radical (unpaired) electrons. The third kappa shape index (κ3) is 2.03. The number of carbonyl (C=O) groups excluding carboxylic acids is 1. The molecule has 0 atom stereocenters. The molecule has 0 saturated heterocycles. The van der Waals surface area contributed by atoms with Gasteiger partial charge in [-0.2, -0.15) is 5.10 Å². The fourth-order valence-electron chi connectivity index (χ4n) is 1.53. The summed E-state index contributed by atoms with van der Waals surface area (Å²) in [5, 5.41) is 5.80. The number of aromatic nitrogens is 1. The highest BCUT2D eigenvalue weighted by Gasteiger charge is 2.24. The van der Waals surface area contributed by atoms with Gasteiger partial charge in [0.25, 0.3) is 0 Å². The summed E-state index contributed by atoms with van der Waals surface area (Å²) in [5.41, 5.74) is 1.57. The molecule has 15 heavy (non-hydrogen) atoms. The number of carbonyl (C=O) groups is 1. The number of hydrazone groups is 1. The van der Waals surface area contributed by atoms with Crippen molar-refractivity contribution in [2.45, 2.75) is 19.8 Å². The van der Waals surface area contributed by atoms with E-state index in [1.165, 1.54) is 5.01 Å². The van der Waals surface area contributed by atoms with E-state index in [0.29, 0.717) is 13.0 Å². The first-order valence-corrected chi connectivity index (χ1v) is 5.10. The molecule has 1 aliphatic heterocycles. The number of amides is 1. The first-order chi connectivity index (χ1) is 7.31. The highest BCUT2D eigenvalue weighted by atomic mass is 16.2. The van der Waals surface area contributed by atoms with Gasteiger partial charge in [-0.3, -0.25) is 9.78 Å². The van der Waals surface area contributed by atoms with E-state index in [1.54, 1.807) is 6.20 Å². The van der Waals surface area contributed by atoms with Crippen LogP contribution in [0.15, 0.2) is 29.5 Å². The third-order valence-electron chi connectivity index (χ3n) is 2.24. The average molecular weight is 203 g/mol. The Bertz CT molecular complexity index is 386. The molecule has 0 unspecified atom stereocenters. The second-order valence-corrected chi connectivity index (χ2v) is 3.46. The molecule has 0 aliphatic carbocycles. The monoisotopic (exact) mass is 203 g/mol. The third-order valence-corrected chi connectivity index (χ3v) is 2.24. The molecule has 0 saturated carbocycles. The van der Waals surface area contributed by atoms with Gasteiger partial charge in [0.1, 0.15) is 0 Å². The second-order valence-electron chi connectivity index (χ2n) is 3.46. The fraction of sp³-hybridized carbons (Fsp3) is 0.364. The summed E-state index contributed by atoms with van der Waals surface area (Å²) in [6.07, 6.45) is 3.01. The fourth-order valence-corrected chi connectivity index (χ4v) is 1.53. The van der Waals surface area contributed by atoms with Crippen LogP contribution >= 0.6 is 0 Å². The van der Waals surface area contributed by atoms with E-state index in [1.807, 2.05) is 25.1 Å². The van der Waals surface area contributed by atoms with Crippen molar-refractivity contribution in [2.24, 2.45) is 5.10 Å². The van der Waals surface area contributed by atoms with E-state index in [-0.39, 0.29) is 5.91 Å². The molecule has 0 fully saturated rings. The Morgan fingerprint density at radius 2 is 2.33 bits per heavy atom. The largest absolute Gasteiger partial charge is 0.273 e. The molecule has 1 aromatic heterocycles. The van der Waals surface area contributed by atoms with Gasteiger partial charge in [-0.1, -0.05) is 13.0 Å². The quantitative estimate of drug-likeness (QED) is 0.746. The lowest BCUT2D eigenvalue weighted by atomic mass is 10.2. The topological polar surface area (TPSA) is 45.6 Å². The molecular formula is C11H13N3O. The van der Waals surface area contributed by atoms with Crippen LogP contribution in [0.5, 0.6) is 0 Å². The molecule has 2 heterocycles. The van der Waals surface area contributed by atoms with Crippen LogP contribution in [0.25, 0.3) is 0 Å². The van der Waals surface area contributed by atoms with Gasteiger partial charge in [0, 0.05) is 12.7 Å². The van der Waals surface area contributed by atoms with Crippen LogP contribution in [0, 0.1) is 0 Å². The van der Waals surface area contributed by atoms with Gasteiger partial charge in [0.2, 0.25) is 5.91 Å². The van der Waals surface area contributed by atoms with Crippen molar-refractivity contribution < 1.29 is 4.79 Å². The lowest BCUT2D eigenvalue weighted by molar-refractivity contribution is -0.128. The smallest absolute Gasteiger partial charge is 0.248 e. The average Bonchev–Trinajstić information content (AvgIpc) is 2.63. The Morgan fingerprint density at radius 1 is 1.47 bits per heavy atom. The lowest BCUT2D eigenvalue weighted by Gasteiger charge is -2.08. The van der Waals surface area contributed by atoms with Crippen LogP contribution in [0.1, 0.15) is 25.5 Å². The van der Waals surface area contributed by atoms with Gasteiger partial charge in [0.05, 0.1) is 17.8 Å². The zero-order valence-corrected chi connectivity index (χ0v) is 8.68. The van der Waals surface area contributed by atoms with Crippen LogP contribution in [0.4, 0.5) is 0 Å². The first kappa shape index (κ1) is 9.83. The maximum Gasteiger partial charge on any atom is 0.248 e. The van der Waals surface area contributed by atoms with Gasteiger partial charge < -0.3 is 0 Å². The van der Waals surface area contributed by atoms with Gasteiger partial charge in [0.15, 0.2) is 0 Å². The van der Waals surface area contributed by atoms with Crippen molar-refractivity contribution in [1.29, 1.82) is 0 Å². The summed E-state index contributed by atoms with van der Waals surface area (Å²) in [6, 6.07) is 5.63. The maximum absolute atomic E-state index is 11.5. The van der Waals surface area contributed by atoms with Gasteiger partial charge in [-0.05, 0) is 18.6 Å². The van der Waals surface area contributed by atoms with Crippen molar-refractivity contribution in [2.75, 3.05) is 6.54 Å². The molecule has 78 valence electrons. The van der Waals surface area contributed by atoms with Crippen LogP contribution in [0.2, 0.25) is 0 Å². The van der Waals surface area contributed by atoms with Gasteiger partial charge in [-0.15, -0.1) is 0 Å². The summed E-state index contributed by atoms with van der Waals surface area (Å²) in [4.78, 5) is 15.7. The Labute approximate surface area is 88.6 Å². The van der Waals surface area contributed by atoms with E-state index >= 15 is 0 Å². The SMILES string of the molecule is CCCN1N=C(c2ccccn2)CC1=O.